The predicted octanol–water partition coefficient (Wildman–Crippen LogP) is 1.71. The third kappa shape index (κ3) is 3.66. The first-order chi connectivity index (χ1) is 11.0. The number of amides is 3. The number of fused-ring (bicyclic) bond motifs is 1. The van der Waals surface area contributed by atoms with E-state index in [-0.39, 0.29) is 29.9 Å². The van der Waals surface area contributed by atoms with Crippen molar-refractivity contribution in [1.82, 2.24) is 15.5 Å². The smallest absolute Gasteiger partial charge is 0.315 e. The summed E-state index contributed by atoms with van der Waals surface area (Å²) in [5, 5.41) is 6.08. The van der Waals surface area contributed by atoms with E-state index in [0.717, 1.165) is 25.8 Å². The summed E-state index contributed by atoms with van der Waals surface area (Å²) in [4.78, 5) is 26.0. The van der Waals surface area contributed by atoms with Crippen molar-refractivity contribution in [2.45, 2.75) is 45.2 Å². The second-order valence-corrected chi connectivity index (χ2v) is 6.92. The summed E-state index contributed by atoms with van der Waals surface area (Å²) in [5.41, 5.74) is 2.65. The number of benzene rings is 1. The maximum atomic E-state index is 12.2. The SMILES string of the molecule is CC(C)C(=O)N1CC[C@@H](NC(=O)NC2Cc3ccccc3C2)C1. The van der Waals surface area contributed by atoms with E-state index in [9.17, 15) is 9.59 Å². The lowest BCUT2D eigenvalue weighted by molar-refractivity contribution is -0.133. The molecule has 1 saturated heterocycles. The van der Waals surface area contributed by atoms with E-state index in [0.29, 0.717) is 6.54 Å². The van der Waals surface area contributed by atoms with Gasteiger partial charge in [-0.3, -0.25) is 4.79 Å². The Bertz CT molecular complexity index is 575. The van der Waals surface area contributed by atoms with Gasteiger partial charge in [0, 0.05) is 31.1 Å². The Morgan fingerprint density at radius 1 is 1.09 bits per heavy atom. The molecular formula is C18H25N3O2. The van der Waals surface area contributed by atoms with Crippen molar-refractivity contribution in [2.24, 2.45) is 5.92 Å². The first kappa shape index (κ1) is 15.8. The molecule has 2 aliphatic rings. The molecule has 5 nitrogen and oxygen atoms in total. The fourth-order valence-corrected chi connectivity index (χ4v) is 3.52. The highest BCUT2D eigenvalue weighted by atomic mass is 16.2. The average Bonchev–Trinajstić information content (AvgIpc) is 3.12. The minimum Gasteiger partial charge on any atom is -0.340 e. The summed E-state index contributed by atoms with van der Waals surface area (Å²) in [7, 11) is 0. The normalized spacial score (nSPS) is 20.7. The van der Waals surface area contributed by atoms with Gasteiger partial charge < -0.3 is 15.5 Å². The second kappa shape index (κ2) is 6.60. The van der Waals surface area contributed by atoms with Gasteiger partial charge in [0.25, 0.3) is 0 Å². The van der Waals surface area contributed by atoms with Crippen LogP contribution >= 0.6 is 0 Å². The van der Waals surface area contributed by atoms with Crippen LogP contribution in [0.2, 0.25) is 0 Å². The van der Waals surface area contributed by atoms with Gasteiger partial charge in [-0.2, -0.15) is 0 Å². The van der Waals surface area contributed by atoms with Crippen LogP contribution in [0.4, 0.5) is 4.79 Å². The fourth-order valence-electron chi connectivity index (χ4n) is 3.52. The number of nitrogens with zero attached hydrogens (tertiary/aromatic N) is 1. The second-order valence-electron chi connectivity index (χ2n) is 6.92. The van der Waals surface area contributed by atoms with E-state index in [1.165, 1.54) is 11.1 Å². The number of likely N-dealkylation sites (tertiary alicyclic amines) is 1. The number of hydrogen-bond acceptors (Lipinski definition) is 2. The van der Waals surface area contributed by atoms with Crippen molar-refractivity contribution in [2.75, 3.05) is 13.1 Å². The van der Waals surface area contributed by atoms with Crippen LogP contribution < -0.4 is 10.6 Å². The van der Waals surface area contributed by atoms with E-state index < -0.39 is 0 Å². The molecule has 1 aliphatic heterocycles. The molecule has 1 aromatic rings. The largest absolute Gasteiger partial charge is 0.340 e. The minimum absolute atomic E-state index is 0.0135. The van der Waals surface area contributed by atoms with Gasteiger partial charge in [-0.05, 0) is 30.4 Å². The zero-order valence-electron chi connectivity index (χ0n) is 13.8. The Hall–Kier alpha value is -2.04. The molecule has 1 atom stereocenters. The Kier molecular flexibility index (Phi) is 4.55. The van der Waals surface area contributed by atoms with Crippen molar-refractivity contribution >= 4 is 11.9 Å². The molecule has 1 aliphatic carbocycles. The van der Waals surface area contributed by atoms with E-state index in [1.54, 1.807) is 0 Å². The lowest BCUT2D eigenvalue weighted by atomic mass is 10.1. The van der Waals surface area contributed by atoms with Gasteiger partial charge in [-0.25, -0.2) is 4.79 Å². The molecule has 0 spiro atoms. The molecule has 0 bridgehead atoms. The van der Waals surface area contributed by atoms with E-state index in [1.807, 2.05) is 30.9 Å². The number of hydrogen-bond donors (Lipinski definition) is 2. The molecule has 23 heavy (non-hydrogen) atoms. The van der Waals surface area contributed by atoms with Crippen LogP contribution in [0.25, 0.3) is 0 Å². The first-order valence-corrected chi connectivity index (χ1v) is 8.45. The first-order valence-electron chi connectivity index (χ1n) is 8.45. The predicted molar refractivity (Wildman–Crippen MR) is 89.1 cm³/mol. The average molecular weight is 315 g/mol. The van der Waals surface area contributed by atoms with Crippen molar-refractivity contribution in [3.8, 4) is 0 Å². The van der Waals surface area contributed by atoms with Crippen LogP contribution in [0.15, 0.2) is 24.3 Å². The van der Waals surface area contributed by atoms with Crippen LogP contribution in [0.1, 0.15) is 31.4 Å². The monoisotopic (exact) mass is 315 g/mol. The summed E-state index contributed by atoms with van der Waals surface area (Å²) in [5.74, 6) is 0.181. The maximum absolute atomic E-state index is 12.2. The summed E-state index contributed by atoms with van der Waals surface area (Å²) >= 11 is 0. The van der Waals surface area contributed by atoms with Gasteiger partial charge in [-0.1, -0.05) is 38.1 Å². The number of rotatable bonds is 3. The summed E-state index contributed by atoms with van der Waals surface area (Å²) in [6, 6.07) is 8.44. The van der Waals surface area contributed by atoms with E-state index in [2.05, 4.69) is 22.8 Å². The van der Waals surface area contributed by atoms with Gasteiger partial charge in [0.2, 0.25) is 5.91 Å². The maximum Gasteiger partial charge on any atom is 0.315 e. The lowest BCUT2D eigenvalue weighted by Crippen LogP contribution is -2.47. The molecule has 3 amide bonds. The molecule has 0 radical (unpaired) electrons. The number of urea groups is 1. The van der Waals surface area contributed by atoms with Gasteiger partial charge in [0.1, 0.15) is 0 Å². The highest BCUT2D eigenvalue weighted by Crippen LogP contribution is 2.21. The zero-order valence-corrected chi connectivity index (χ0v) is 13.8. The van der Waals surface area contributed by atoms with Crippen LogP contribution in [0.3, 0.4) is 0 Å². The van der Waals surface area contributed by atoms with Crippen molar-refractivity contribution in [3.63, 3.8) is 0 Å². The third-order valence-electron chi connectivity index (χ3n) is 4.72. The quantitative estimate of drug-likeness (QED) is 0.892. The number of nitrogens with one attached hydrogen (secondary N) is 2. The summed E-state index contributed by atoms with van der Waals surface area (Å²) in [6.07, 6.45) is 2.62. The molecular weight excluding hydrogens is 290 g/mol. The van der Waals surface area contributed by atoms with Gasteiger partial charge in [0.05, 0.1) is 0 Å². The molecule has 0 saturated carbocycles. The van der Waals surface area contributed by atoms with Crippen LogP contribution in [0.5, 0.6) is 0 Å². The highest BCUT2D eigenvalue weighted by Gasteiger charge is 2.29. The molecule has 3 rings (SSSR count). The van der Waals surface area contributed by atoms with Gasteiger partial charge >= 0.3 is 6.03 Å². The Balaban J connectivity index is 1.45. The van der Waals surface area contributed by atoms with Crippen molar-refractivity contribution in [1.29, 1.82) is 0 Å². The lowest BCUT2D eigenvalue weighted by Gasteiger charge is -2.20. The van der Waals surface area contributed by atoms with Crippen LogP contribution in [-0.2, 0) is 17.6 Å². The Morgan fingerprint density at radius 2 is 1.70 bits per heavy atom. The molecule has 1 heterocycles. The van der Waals surface area contributed by atoms with Gasteiger partial charge in [-0.15, -0.1) is 0 Å². The topological polar surface area (TPSA) is 61.4 Å². The minimum atomic E-state index is -0.119. The van der Waals surface area contributed by atoms with E-state index >= 15 is 0 Å². The molecule has 124 valence electrons. The molecule has 2 N–H and O–H groups in total. The van der Waals surface area contributed by atoms with E-state index in [4.69, 9.17) is 0 Å². The van der Waals surface area contributed by atoms with Crippen molar-refractivity contribution in [3.05, 3.63) is 35.4 Å². The number of carbonyl (C=O) groups is 2. The van der Waals surface area contributed by atoms with Crippen molar-refractivity contribution < 1.29 is 9.59 Å². The Morgan fingerprint density at radius 3 is 2.30 bits per heavy atom. The number of carbonyl (C=O) groups excluding carboxylic acids is 2. The molecule has 5 heteroatoms. The zero-order chi connectivity index (χ0) is 16.4. The van der Waals surface area contributed by atoms with Crippen LogP contribution in [0, 0.1) is 5.92 Å². The summed E-state index contributed by atoms with van der Waals surface area (Å²) < 4.78 is 0. The molecule has 1 aromatic carbocycles. The fraction of sp³-hybridized carbons (Fsp3) is 0.556. The molecule has 1 fully saturated rings. The summed E-state index contributed by atoms with van der Waals surface area (Å²) in [6.45, 7) is 5.17. The van der Waals surface area contributed by atoms with Gasteiger partial charge in [0.15, 0.2) is 0 Å². The van der Waals surface area contributed by atoms with Crippen LogP contribution in [-0.4, -0.2) is 42.0 Å². The Labute approximate surface area is 137 Å². The highest BCUT2D eigenvalue weighted by molar-refractivity contribution is 5.79. The third-order valence-corrected chi connectivity index (χ3v) is 4.72. The standard InChI is InChI=1S/C18H25N3O2/c1-12(2)17(22)21-8-7-15(11-21)19-18(23)20-16-9-13-5-3-4-6-14(13)10-16/h3-6,12,15-16H,7-11H2,1-2H3,(H2,19,20,23)/t15-/m1/s1. The molecule has 0 aromatic heterocycles. The molecule has 0 unspecified atom stereocenters.